The molecule has 0 atom stereocenters. The summed E-state index contributed by atoms with van der Waals surface area (Å²) >= 11 is 0. The minimum absolute atomic E-state index is 0.0426. The number of benzene rings is 1. The molecule has 106 valence electrons. The summed E-state index contributed by atoms with van der Waals surface area (Å²) in [5.74, 6) is 0.227. The van der Waals surface area contributed by atoms with E-state index in [4.69, 9.17) is 9.47 Å². The lowest BCUT2D eigenvalue weighted by atomic mass is 10.3. The molecule has 0 bridgehead atoms. The van der Waals surface area contributed by atoms with Gasteiger partial charge in [0.05, 0.1) is 6.61 Å². The predicted molar refractivity (Wildman–Crippen MR) is 71.6 cm³/mol. The van der Waals surface area contributed by atoms with Crippen molar-refractivity contribution in [2.75, 3.05) is 19.0 Å². The molecule has 0 aliphatic rings. The standard InChI is InChI=1S/C13H15FN4O2/c1-3-7-19-12-16-11(15-2)17-13(18-12)20-10-6-4-5-9(14)8-10/h4-6,8H,3,7H2,1-2H3,(H,15,16,17,18). The molecule has 20 heavy (non-hydrogen) atoms. The number of ether oxygens (including phenoxy) is 2. The van der Waals surface area contributed by atoms with E-state index in [-0.39, 0.29) is 12.0 Å². The molecule has 7 heteroatoms. The Hall–Kier alpha value is -2.44. The molecule has 0 spiro atoms. The normalized spacial score (nSPS) is 10.2. The molecule has 0 unspecified atom stereocenters. The van der Waals surface area contributed by atoms with Crippen molar-refractivity contribution in [1.29, 1.82) is 0 Å². The highest BCUT2D eigenvalue weighted by Gasteiger charge is 2.09. The van der Waals surface area contributed by atoms with E-state index in [1.165, 1.54) is 12.1 Å². The predicted octanol–water partition coefficient (Wildman–Crippen LogP) is 2.63. The van der Waals surface area contributed by atoms with Crippen molar-refractivity contribution in [2.45, 2.75) is 13.3 Å². The zero-order valence-electron chi connectivity index (χ0n) is 11.3. The van der Waals surface area contributed by atoms with Crippen molar-refractivity contribution in [1.82, 2.24) is 15.0 Å². The summed E-state index contributed by atoms with van der Waals surface area (Å²) in [6, 6.07) is 5.93. The third-order valence-electron chi connectivity index (χ3n) is 2.26. The number of hydrogen-bond donors (Lipinski definition) is 1. The Morgan fingerprint density at radius 2 is 2.00 bits per heavy atom. The minimum Gasteiger partial charge on any atom is -0.463 e. The van der Waals surface area contributed by atoms with Gasteiger partial charge in [-0.2, -0.15) is 9.97 Å². The van der Waals surface area contributed by atoms with Crippen LogP contribution in [-0.2, 0) is 0 Å². The fourth-order valence-corrected chi connectivity index (χ4v) is 1.39. The van der Waals surface area contributed by atoms with Crippen LogP contribution in [-0.4, -0.2) is 28.6 Å². The zero-order valence-corrected chi connectivity index (χ0v) is 11.3. The summed E-state index contributed by atoms with van der Waals surface area (Å²) in [6.45, 7) is 2.47. The van der Waals surface area contributed by atoms with Crippen LogP contribution in [0.1, 0.15) is 13.3 Å². The lowest BCUT2D eigenvalue weighted by Crippen LogP contribution is -2.06. The number of anilines is 1. The second-order valence-corrected chi connectivity index (χ2v) is 3.88. The molecule has 0 saturated carbocycles. The van der Waals surface area contributed by atoms with E-state index in [2.05, 4.69) is 20.3 Å². The summed E-state index contributed by atoms with van der Waals surface area (Å²) in [6.07, 6.45) is 0.834. The zero-order chi connectivity index (χ0) is 14.4. The highest BCUT2D eigenvalue weighted by atomic mass is 19.1. The van der Waals surface area contributed by atoms with Crippen LogP contribution in [0.5, 0.6) is 17.8 Å². The van der Waals surface area contributed by atoms with Crippen LogP contribution in [0.4, 0.5) is 10.3 Å². The number of rotatable bonds is 6. The van der Waals surface area contributed by atoms with Crippen LogP contribution in [0.25, 0.3) is 0 Å². The maximum atomic E-state index is 13.1. The first-order valence-electron chi connectivity index (χ1n) is 6.21. The smallest absolute Gasteiger partial charge is 0.330 e. The summed E-state index contributed by atoms with van der Waals surface area (Å²) in [5.41, 5.74) is 0. The first-order valence-corrected chi connectivity index (χ1v) is 6.21. The molecule has 0 radical (unpaired) electrons. The summed E-state index contributed by atoms with van der Waals surface area (Å²) < 4.78 is 23.8. The molecule has 0 fully saturated rings. The Labute approximate surface area is 116 Å². The topological polar surface area (TPSA) is 69.2 Å². The van der Waals surface area contributed by atoms with Gasteiger partial charge in [-0.1, -0.05) is 13.0 Å². The summed E-state index contributed by atoms with van der Waals surface area (Å²) in [4.78, 5) is 12.1. The van der Waals surface area contributed by atoms with Gasteiger partial charge in [0.2, 0.25) is 5.95 Å². The number of aromatic nitrogens is 3. The first kappa shape index (κ1) is 14.0. The van der Waals surface area contributed by atoms with E-state index in [9.17, 15) is 4.39 Å². The summed E-state index contributed by atoms with van der Waals surface area (Å²) in [7, 11) is 1.67. The second kappa shape index (κ2) is 6.65. The van der Waals surface area contributed by atoms with E-state index in [1.807, 2.05) is 6.92 Å². The highest BCUT2D eigenvalue weighted by molar-refractivity contribution is 5.30. The molecule has 0 saturated heterocycles. The molecule has 1 aromatic heterocycles. The SMILES string of the molecule is CCCOc1nc(NC)nc(Oc2cccc(F)c2)n1. The third-order valence-corrected chi connectivity index (χ3v) is 2.26. The van der Waals surface area contributed by atoms with Gasteiger partial charge in [-0.3, -0.25) is 0 Å². The van der Waals surface area contributed by atoms with Crippen LogP contribution in [0.15, 0.2) is 24.3 Å². The maximum absolute atomic E-state index is 13.1. The second-order valence-electron chi connectivity index (χ2n) is 3.88. The molecule has 1 N–H and O–H groups in total. The molecule has 2 aromatic rings. The third kappa shape index (κ3) is 3.78. The fraction of sp³-hybridized carbons (Fsp3) is 0.308. The number of hydrogen-bond acceptors (Lipinski definition) is 6. The average molecular weight is 278 g/mol. The number of halogens is 1. The lowest BCUT2D eigenvalue weighted by Gasteiger charge is -2.08. The van der Waals surface area contributed by atoms with Gasteiger partial charge in [0.25, 0.3) is 0 Å². The van der Waals surface area contributed by atoms with Crippen molar-refractivity contribution >= 4 is 5.95 Å². The monoisotopic (exact) mass is 278 g/mol. The Morgan fingerprint density at radius 1 is 1.20 bits per heavy atom. The quantitative estimate of drug-likeness (QED) is 0.876. The van der Waals surface area contributed by atoms with Crippen molar-refractivity contribution < 1.29 is 13.9 Å². The van der Waals surface area contributed by atoms with Crippen molar-refractivity contribution in [3.05, 3.63) is 30.1 Å². The van der Waals surface area contributed by atoms with Crippen molar-refractivity contribution in [3.63, 3.8) is 0 Å². The maximum Gasteiger partial charge on any atom is 0.330 e. The van der Waals surface area contributed by atoms with Gasteiger partial charge < -0.3 is 14.8 Å². The minimum atomic E-state index is -0.396. The summed E-state index contributed by atoms with van der Waals surface area (Å²) in [5, 5.41) is 2.79. The van der Waals surface area contributed by atoms with Crippen LogP contribution in [0, 0.1) is 5.82 Å². The van der Waals surface area contributed by atoms with E-state index in [0.29, 0.717) is 18.3 Å². The molecular weight excluding hydrogens is 263 g/mol. The Kier molecular flexibility index (Phi) is 4.65. The molecule has 1 aromatic carbocycles. The Morgan fingerprint density at radius 3 is 2.70 bits per heavy atom. The Bertz CT molecular complexity index is 580. The van der Waals surface area contributed by atoms with Gasteiger partial charge >= 0.3 is 12.0 Å². The molecule has 0 aliphatic carbocycles. The van der Waals surface area contributed by atoms with E-state index < -0.39 is 5.82 Å². The van der Waals surface area contributed by atoms with Gasteiger partial charge in [-0.25, -0.2) is 4.39 Å². The van der Waals surface area contributed by atoms with Gasteiger partial charge in [-0.05, 0) is 18.6 Å². The molecule has 2 rings (SSSR count). The molecule has 0 aliphatic heterocycles. The van der Waals surface area contributed by atoms with Gasteiger partial charge in [0.1, 0.15) is 11.6 Å². The fourth-order valence-electron chi connectivity index (χ4n) is 1.39. The van der Waals surface area contributed by atoms with Crippen LogP contribution in [0.3, 0.4) is 0 Å². The molecule has 1 heterocycles. The first-order chi connectivity index (χ1) is 9.71. The number of nitrogens with zero attached hydrogens (tertiary/aromatic N) is 3. The molecule has 0 amide bonds. The van der Waals surface area contributed by atoms with E-state index >= 15 is 0 Å². The van der Waals surface area contributed by atoms with Gasteiger partial charge in [-0.15, -0.1) is 4.98 Å². The van der Waals surface area contributed by atoms with E-state index in [0.717, 1.165) is 6.42 Å². The molecule has 6 nitrogen and oxygen atoms in total. The largest absolute Gasteiger partial charge is 0.463 e. The average Bonchev–Trinajstić information content (AvgIpc) is 2.45. The van der Waals surface area contributed by atoms with Crippen molar-refractivity contribution in [2.24, 2.45) is 0 Å². The number of nitrogens with one attached hydrogen (secondary N) is 1. The van der Waals surface area contributed by atoms with Gasteiger partial charge in [0.15, 0.2) is 0 Å². The molecular formula is C13H15FN4O2. The van der Waals surface area contributed by atoms with Crippen LogP contribution < -0.4 is 14.8 Å². The highest BCUT2D eigenvalue weighted by Crippen LogP contribution is 2.21. The van der Waals surface area contributed by atoms with Crippen LogP contribution >= 0.6 is 0 Å². The lowest BCUT2D eigenvalue weighted by molar-refractivity contribution is 0.285. The van der Waals surface area contributed by atoms with Crippen molar-refractivity contribution in [3.8, 4) is 17.8 Å². The Balaban J connectivity index is 2.21. The van der Waals surface area contributed by atoms with E-state index in [1.54, 1.807) is 19.2 Å². The van der Waals surface area contributed by atoms with Crippen LogP contribution in [0.2, 0.25) is 0 Å². The van der Waals surface area contributed by atoms with Gasteiger partial charge in [0, 0.05) is 13.1 Å².